The molecule has 0 unspecified atom stereocenters. The summed E-state index contributed by atoms with van der Waals surface area (Å²) in [6.45, 7) is 0.255. The molecule has 1 heterocycles. The molecule has 0 spiro atoms. The maximum atomic E-state index is 12.8. The molecule has 2 aromatic rings. The smallest absolute Gasteiger partial charge is 0.338 e. The van der Waals surface area contributed by atoms with Crippen molar-refractivity contribution < 1.29 is 13.9 Å². The summed E-state index contributed by atoms with van der Waals surface area (Å²) >= 11 is 0. The van der Waals surface area contributed by atoms with E-state index in [1.165, 1.54) is 12.1 Å². The standard InChI is InChI=1S/C15H10FNO2/c16-11-6-4-10(5-7-11)8-17-14-3-1-2-12-13(14)9-19-15(12)18/h1-8H,9H2/b17-8+. The fourth-order valence-corrected chi connectivity index (χ4v) is 1.95. The van der Waals surface area contributed by atoms with Gasteiger partial charge in [-0.3, -0.25) is 4.99 Å². The van der Waals surface area contributed by atoms with Crippen molar-refractivity contribution in [3.05, 3.63) is 65.0 Å². The number of esters is 1. The number of aliphatic imine (C=N–C) groups is 1. The summed E-state index contributed by atoms with van der Waals surface area (Å²) in [6, 6.07) is 11.4. The van der Waals surface area contributed by atoms with Gasteiger partial charge < -0.3 is 4.74 Å². The zero-order valence-corrected chi connectivity index (χ0v) is 9.97. The minimum absolute atomic E-state index is 0.255. The van der Waals surface area contributed by atoms with Crippen LogP contribution < -0.4 is 0 Å². The Bertz CT molecular complexity index is 662. The summed E-state index contributed by atoms with van der Waals surface area (Å²) in [5.74, 6) is -0.592. The molecule has 0 saturated heterocycles. The zero-order valence-electron chi connectivity index (χ0n) is 9.97. The summed E-state index contributed by atoms with van der Waals surface area (Å²) in [5.41, 5.74) is 2.86. The highest BCUT2D eigenvalue weighted by Crippen LogP contribution is 2.29. The Morgan fingerprint density at radius 1 is 1.16 bits per heavy atom. The van der Waals surface area contributed by atoms with Crippen molar-refractivity contribution in [2.24, 2.45) is 4.99 Å². The van der Waals surface area contributed by atoms with Crippen LogP contribution in [0.5, 0.6) is 0 Å². The quantitative estimate of drug-likeness (QED) is 0.610. The van der Waals surface area contributed by atoms with Gasteiger partial charge in [0.1, 0.15) is 12.4 Å². The van der Waals surface area contributed by atoms with Crippen LogP contribution in [0, 0.1) is 5.82 Å². The van der Waals surface area contributed by atoms with Crippen LogP contribution >= 0.6 is 0 Å². The van der Waals surface area contributed by atoms with Crippen molar-refractivity contribution in [1.29, 1.82) is 0 Å². The number of hydrogen-bond donors (Lipinski definition) is 0. The van der Waals surface area contributed by atoms with Gasteiger partial charge in [0.15, 0.2) is 0 Å². The van der Waals surface area contributed by atoms with Crippen LogP contribution in [0.1, 0.15) is 21.5 Å². The van der Waals surface area contributed by atoms with Crippen molar-refractivity contribution in [3.63, 3.8) is 0 Å². The normalized spacial score (nSPS) is 13.6. The molecule has 94 valence electrons. The fourth-order valence-electron chi connectivity index (χ4n) is 1.95. The first kappa shape index (κ1) is 11.6. The number of carbonyl (C=O) groups excluding carboxylic acids is 1. The molecule has 0 aromatic heterocycles. The molecule has 4 heteroatoms. The van der Waals surface area contributed by atoms with E-state index in [0.29, 0.717) is 11.3 Å². The predicted molar refractivity (Wildman–Crippen MR) is 69.2 cm³/mol. The number of nitrogens with zero attached hydrogens (tertiary/aromatic N) is 1. The van der Waals surface area contributed by atoms with E-state index in [-0.39, 0.29) is 18.4 Å². The molecule has 0 amide bonds. The number of benzene rings is 2. The number of hydrogen-bond acceptors (Lipinski definition) is 3. The lowest BCUT2D eigenvalue weighted by atomic mass is 10.1. The highest BCUT2D eigenvalue weighted by molar-refractivity contribution is 5.95. The molecule has 0 saturated carbocycles. The van der Waals surface area contributed by atoms with Gasteiger partial charge in [0, 0.05) is 11.8 Å². The van der Waals surface area contributed by atoms with E-state index >= 15 is 0 Å². The Morgan fingerprint density at radius 2 is 1.95 bits per heavy atom. The van der Waals surface area contributed by atoms with E-state index in [9.17, 15) is 9.18 Å². The van der Waals surface area contributed by atoms with Crippen LogP contribution in [0.15, 0.2) is 47.5 Å². The third-order valence-corrected chi connectivity index (χ3v) is 2.94. The molecule has 0 radical (unpaired) electrons. The molecule has 3 nitrogen and oxygen atoms in total. The number of rotatable bonds is 2. The Balaban J connectivity index is 1.92. The van der Waals surface area contributed by atoms with Crippen LogP contribution in [0.4, 0.5) is 10.1 Å². The van der Waals surface area contributed by atoms with Crippen LogP contribution in [0.25, 0.3) is 0 Å². The predicted octanol–water partition coefficient (Wildman–Crippen LogP) is 3.25. The van der Waals surface area contributed by atoms with E-state index < -0.39 is 0 Å². The zero-order chi connectivity index (χ0) is 13.2. The second-order valence-electron chi connectivity index (χ2n) is 4.19. The van der Waals surface area contributed by atoms with E-state index in [4.69, 9.17) is 4.74 Å². The molecule has 0 N–H and O–H groups in total. The van der Waals surface area contributed by atoms with Gasteiger partial charge in [-0.25, -0.2) is 9.18 Å². The van der Waals surface area contributed by atoms with Gasteiger partial charge in [-0.15, -0.1) is 0 Å². The molecule has 0 fully saturated rings. The maximum absolute atomic E-state index is 12.8. The van der Waals surface area contributed by atoms with Crippen molar-refractivity contribution in [2.75, 3.05) is 0 Å². The summed E-state index contributed by atoms with van der Waals surface area (Å²) < 4.78 is 17.7. The fraction of sp³-hybridized carbons (Fsp3) is 0.0667. The van der Waals surface area contributed by atoms with Crippen molar-refractivity contribution >= 4 is 17.9 Å². The minimum atomic E-state index is -0.311. The third kappa shape index (κ3) is 2.25. The van der Waals surface area contributed by atoms with E-state index in [0.717, 1.165) is 11.1 Å². The van der Waals surface area contributed by atoms with E-state index in [1.54, 1.807) is 30.5 Å². The number of ether oxygens (including phenoxy) is 1. The van der Waals surface area contributed by atoms with Crippen LogP contribution in [0.3, 0.4) is 0 Å². The second kappa shape index (κ2) is 4.65. The number of fused-ring (bicyclic) bond motifs is 1. The Labute approximate surface area is 109 Å². The summed E-state index contributed by atoms with van der Waals surface area (Å²) in [7, 11) is 0. The molecule has 1 aliphatic heterocycles. The molecule has 2 aromatic carbocycles. The first-order valence-corrected chi connectivity index (χ1v) is 5.83. The van der Waals surface area contributed by atoms with E-state index in [1.807, 2.05) is 6.07 Å². The highest BCUT2D eigenvalue weighted by atomic mass is 19.1. The first-order chi connectivity index (χ1) is 9.24. The molecule has 0 bridgehead atoms. The van der Waals surface area contributed by atoms with Gasteiger partial charge in [-0.2, -0.15) is 0 Å². The molecule has 19 heavy (non-hydrogen) atoms. The number of halogens is 1. The lowest BCUT2D eigenvalue weighted by Gasteiger charge is -1.99. The summed E-state index contributed by atoms with van der Waals surface area (Å²) in [6.07, 6.45) is 1.64. The molecule has 0 aliphatic carbocycles. The molecule has 1 aliphatic rings. The van der Waals surface area contributed by atoms with Crippen LogP contribution in [-0.2, 0) is 11.3 Å². The lowest BCUT2D eigenvalue weighted by molar-refractivity contribution is 0.0535. The SMILES string of the molecule is O=C1OCc2c(/N=C/c3ccc(F)cc3)cccc21. The molecular formula is C15H10FNO2. The Hall–Kier alpha value is -2.49. The van der Waals surface area contributed by atoms with E-state index in [2.05, 4.69) is 4.99 Å². The van der Waals surface area contributed by atoms with Gasteiger partial charge in [0.2, 0.25) is 0 Å². The third-order valence-electron chi connectivity index (χ3n) is 2.94. The van der Waals surface area contributed by atoms with Crippen LogP contribution in [-0.4, -0.2) is 12.2 Å². The van der Waals surface area contributed by atoms with Crippen molar-refractivity contribution in [2.45, 2.75) is 6.61 Å². The minimum Gasteiger partial charge on any atom is -0.457 e. The maximum Gasteiger partial charge on any atom is 0.338 e. The molecular weight excluding hydrogens is 245 g/mol. The summed E-state index contributed by atoms with van der Waals surface area (Å²) in [4.78, 5) is 15.7. The Kier molecular flexibility index (Phi) is 2.83. The topological polar surface area (TPSA) is 38.7 Å². The largest absolute Gasteiger partial charge is 0.457 e. The average Bonchev–Trinajstić information content (AvgIpc) is 2.81. The average molecular weight is 255 g/mol. The monoisotopic (exact) mass is 255 g/mol. The second-order valence-corrected chi connectivity index (χ2v) is 4.19. The summed E-state index contributed by atoms with van der Waals surface area (Å²) in [5, 5.41) is 0. The van der Waals surface area contributed by atoms with Gasteiger partial charge in [0.25, 0.3) is 0 Å². The van der Waals surface area contributed by atoms with Gasteiger partial charge in [-0.05, 0) is 29.8 Å². The molecule has 3 rings (SSSR count). The van der Waals surface area contributed by atoms with Gasteiger partial charge in [-0.1, -0.05) is 18.2 Å². The lowest BCUT2D eigenvalue weighted by Crippen LogP contribution is -1.92. The van der Waals surface area contributed by atoms with Gasteiger partial charge >= 0.3 is 5.97 Å². The van der Waals surface area contributed by atoms with Gasteiger partial charge in [0.05, 0.1) is 11.3 Å². The highest BCUT2D eigenvalue weighted by Gasteiger charge is 2.22. The molecule has 0 atom stereocenters. The Morgan fingerprint density at radius 3 is 2.74 bits per heavy atom. The first-order valence-electron chi connectivity index (χ1n) is 5.83. The number of carbonyl (C=O) groups is 1. The van der Waals surface area contributed by atoms with Crippen LogP contribution in [0.2, 0.25) is 0 Å². The number of cyclic esters (lactones) is 1. The van der Waals surface area contributed by atoms with Crippen molar-refractivity contribution in [1.82, 2.24) is 0 Å². The van der Waals surface area contributed by atoms with Crippen molar-refractivity contribution in [3.8, 4) is 0 Å².